The molecule has 2 saturated heterocycles. The fraction of sp³-hybridized carbons (Fsp3) is 0.455. The number of piperazine rings is 1. The van der Waals surface area contributed by atoms with Crippen LogP contribution < -0.4 is 15.8 Å². The van der Waals surface area contributed by atoms with Crippen LogP contribution in [0.4, 0.5) is 5.69 Å². The summed E-state index contributed by atoms with van der Waals surface area (Å²) >= 11 is 0. The lowest BCUT2D eigenvalue weighted by Crippen LogP contribution is -2.53. The standard InChI is InChI=1S/C22H26N4O5/c1-3-31-22(30)18-19(14-6-4-5-7-16(14)24(2)21(18)29)25-10-12-26(13-11-25)20(28)15-8-9-17(27)23-15/h4-7,15H,3,8-13H2,1-2H3,(H,23,27). The maximum absolute atomic E-state index is 13.1. The molecule has 1 atom stereocenters. The zero-order valence-electron chi connectivity index (χ0n) is 17.7. The highest BCUT2D eigenvalue weighted by molar-refractivity contribution is 6.05. The van der Waals surface area contributed by atoms with Gasteiger partial charge in [0.1, 0.15) is 11.6 Å². The summed E-state index contributed by atoms with van der Waals surface area (Å²) in [4.78, 5) is 53.7. The van der Waals surface area contributed by atoms with E-state index in [2.05, 4.69) is 5.32 Å². The van der Waals surface area contributed by atoms with Crippen molar-refractivity contribution in [3.63, 3.8) is 0 Å². The third-order valence-corrected chi connectivity index (χ3v) is 5.96. The van der Waals surface area contributed by atoms with Gasteiger partial charge in [0.25, 0.3) is 5.56 Å². The van der Waals surface area contributed by atoms with Gasteiger partial charge in [0.05, 0.1) is 17.8 Å². The quantitative estimate of drug-likeness (QED) is 0.721. The Morgan fingerprint density at radius 1 is 1.13 bits per heavy atom. The molecule has 164 valence electrons. The maximum Gasteiger partial charge on any atom is 0.345 e. The van der Waals surface area contributed by atoms with Crippen LogP contribution in [0.5, 0.6) is 0 Å². The van der Waals surface area contributed by atoms with Crippen molar-refractivity contribution in [2.45, 2.75) is 25.8 Å². The Morgan fingerprint density at radius 2 is 1.84 bits per heavy atom. The first-order valence-electron chi connectivity index (χ1n) is 10.5. The number of esters is 1. The number of amides is 2. The highest BCUT2D eigenvalue weighted by Gasteiger charge is 2.34. The number of ether oxygens (including phenoxy) is 1. The number of pyridine rings is 1. The van der Waals surface area contributed by atoms with E-state index in [-0.39, 0.29) is 24.0 Å². The summed E-state index contributed by atoms with van der Waals surface area (Å²) in [5, 5.41) is 3.51. The van der Waals surface area contributed by atoms with Crippen molar-refractivity contribution in [2.24, 2.45) is 7.05 Å². The van der Waals surface area contributed by atoms with Gasteiger partial charge in [-0.15, -0.1) is 0 Å². The molecule has 4 rings (SSSR count). The summed E-state index contributed by atoms with van der Waals surface area (Å²) in [6, 6.07) is 6.99. The summed E-state index contributed by atoms with van der Waals surface area (Å²) < 4.78 is 6.66. The molecule has 9 nitrogen and oxygen atoms in total. The van der Waals surface area contributed by atoms with Gasteiger partial charge in [0.15, 0.2) is 0 Å². The van der Waals surface area contributed by atoms with Gasteiger partial charge in [-0.3, -0.25) is 14.4 Å². The average Bonchev–Trinajstić information content (AvgIpc) is 3.22. The lowest BCUT2D eigenvalue weighted by molar-refractivity contribution is -0.134. The molecular weight excluding hydrogens is 400 g/mol. The van der Waals surface area contributed by atoms with Crippen LogP contribution in [0.25, 0.3) is 10.9 Å². The Bertz CT molecular complexity index is 1100. The molecule has 0 saturated carbocycles. The zero-order chi connectivity index (χ0) is 22.1. The minimum absolute atomic E-state index is 0.0193. The number of aryl methyl sites for hydroxylation is 1. The van der Waals surface area contributed by atoms with Crippen molar-refractivity contribution in [1.29, 1.82) is 0 Å². The summed E-state index contributed by atoms with van der Waals surface area (Å²) in [7, 11) is 1.64. The number of carbonyl (C=O) groups is 3. The number of hydrogen-bond acceptors (Lipinski definition) is 6. The molecule has 31 heavy (non-hydrogen) atoms. The van der Waals surface area contributed by atoms with Crippen LogP contribution in [0.15, 0.2) is 29.1 Å². The van der Waals surface area contributed by atoms with Gasteiger partial charge in [-0.25, -0.2) is 4.79 Å². The normalized spacial score (nSPS) is 18.9. The second-order valence-electron chi connectivity index (χ2n) is 7.80. The molecule has 0 bridgehead atoms. The summed E-state index contributed by atoms with van der Waals surface area (Å²) in [5.74, 6) is -0.816. The second-order valence-corrected chi connectivity index (χ2v) is 7.80. The number of benzene rings is 1. The van der Waals surface area contributed by atoms with E-state index in [9.17, 15) is 19.2 Å². The van der Waals surface area contributed by atoms with Gasteiger partial charge in [-0.05, 0) is 19.4 Å². The van der Waals surface area contributed by atoms with Gasteiger partial charge >= 0.3 is 5.97 Å². The number of hydrogen-bond donors (Lipinski definition) is 1. The average molecular weight is 426 g/mol. The fourth-order valence-electron chi connectivity index (χ4n) is 4.37. The highest BCUT2D eigenvalue weighted by atomic mass is 16.5. The number of rotatable bonds is 4. The number of nitrogens with zero attached hydrogens (tertiary/aromatic N) is 3. The molecule has 1 aromatic carbocycles. The van der Waals surface area contributed by atoms with Gasteiger partial charge in [-0.1, -0.05) is 18.2 Å². The van der Waals surface area contributed by atoms with Crippen LogP contribution >= 0.6 is 0 Å². The molecule has 9 heteroatoms. The Balaban J connectivity index is 1.66. The SMILES string of the molecule is CCOC(=O)c1c(N2CCN(C(=O)C3CCC(=O)N3)CC2)c2ccccc2n(C)c1=O. The Labute approximate surface area is 179 Å². The summed E-state index contributed by atoms with van der Waals surface area (Å²) in [6.07, 6.45) is 0.892. The fourth-order valence-corrected chi connectivity index (χ4v) is 4.37. The maximum atomic E-state index is 13.1. The van der Waals surface area contributed by atoms with E-state index in [4.69, 9.17) is 4.74 Å². The molecule has 0 aliphatic carbocycles. The number of fused-ring (bicyclic) bond motifs is 1. The van der Waals surface area contributed by atoms with E-state index in [0.29, 0.717) is 44.7 Å². The molecule has 2 amide bonds. The van der Waals surface area contributed by atoms with Crippen molar-refractivity contribution in [3.8, 4) is 0 Å². The van der Waals surface area contributed by atoms with Crippen molar-refractivity contribution >= 4 is 34.4 Å². The van der Waals surface area contributed by atoms with Crippen molar-refractivity contribution in [3.05, 3.63) is 40.2 Å². The highest BCUT2D eigenvalue weighted by Crippen LogP contribution is 2.30. The van der Waals surface area contributed by atoms with Crippen LogP contribution in [0.1, 0.15) is 30.1 Å². The Morgan fingerprint density at radius 3 is 2.48 bits per heavy atom. The molecular formula is C22H26N4O5. The number of para-hydroxylation sites is 1. The third-order valence-electron chi connectivity index (χ3n) is 5.96. The van der Waals surface area contributed by atoms with Gasteiger partial charge in [-0.2, -0.15) is 0 Å². The summed E-state index contributed by atoms with van der Waals surface area (Å²) in [5.41, 5.74) is 0.895. The molecule has 1 unspecified atom stereocenters. The smallest absolute Gasteiger partial charge is 0.345 e. The van der Waals surface area contributed by atoms with Gasteiger partial charge in [0.2, 0.25) is 11.8 Å². The first-order chi connectivity index (χ1) is 14.9. The van der Waals surface area contributed by atoms with E-state index < -0.39 is 17.6 Å². The lowest BCUT2D eigenvalue weighted by atomic mass is 10.1. The van der Waals surface area contributed by atoms with Crippen LogP contribution in [0.2, 0.25) is 0 Å². The summed E-state index contributed by atoms with van der Waals surface area (Å²) in [6.45, 7) is 3.69. The molecule has 2 fully saturated rings. The predicted octanol–water partition coefficient (Wildman–Crippen LogP) is 0.642. The van der Waals surface area contributed by atoms with Crippen molar-refractivity contribution < 1.29 is 19.1 Å². The monoisotopic (exact) mass is 426 g/mol. The Kier molecular flexibility index (Phi) is 5.67. The van der Waals surface area contributed by atoms with Gasteiger partial charge < -0.3 is 24.4 Å². The molecule has 2 aliphatic rings. The van der Waals surface area contributed by atoms with Crippen LogP contribution in [-0.4, -0.2) is 66.1 Å². The first kappa shape index (κ1) is 20.9. The topological polar surface area (TPSA) is 101 Å². The number of anilines is 1. The van der Waals surface area contributed by atoms with E-state index in [0.717, 1.165) is 10.9 Å². The predicted molar refractivity (Wildman–Crippen MR) is 115 cm³/mol. The van der Waals surface area contributed by atoms with E-state index in [1.165, 1.54) is 4.57 Å². The number of nitrogens with one attached hydrogen (secondary N) is 1. The minimum atomic E-state index is -0.643. The molecule has 3 heterocycles. The van der Waals surface area contributed by atoms with Crippen LogP contribution in [0, 0.1) is 0 Å². The van der Waals surface area contributed by atoms with Crippen LogP contribution in [0.3, 0.4) is 0 Å². The molecule has 2 aliphatic heterocycles. The molecule has 0 radical (unpaired) electrons. The largest absolute Gasteiger partial charge is 0.462 e. The molecule has 1 N–H and O–H groups in total. The number of carbonyl (C=O) groups excluding carboxylic acids is 3. The minimum Gasteiger partial charge on any atom is -0.462 e. The van der Waals surface area contributed by atoms with Gasteiger partial charge in [0, 0.05) is 45.0 Å². The first-order valence-corrected chi connectivity index (χ1v) is 10.5. The van der Waals surface area contributed by atoms with Crippen LogP contribution in [-0.2, 0) is 21.4 Å². The molecule has 1 aromatic heterocycles. The Hall–Kier alpha value is -3.36. The van der Waals surface area contributed by atoms with E-state index in [1.807, 2.05) is 29.2 Å². The third kappa shape index (κ3) is 3.75. The number of aromatic nitrogens is 1. The van der Waals surface area contributed by atoms with Crippen molar-refractivity contribution in [2.75, 3.05) is 37.7 Å². The lowest BCUT2D eigenvalue weighted by Gasteiger charge is -2.38. The molecule has 2 aromatic rings. The molecule has 0 spiro atoms. The second kappa shape index (κ2) is 8.41. The van der Waals surface area contributed by atoms with Crippen molar-refractivity contribution in [1.82, 2.24) is 14.8 Å². The zero-order valence-corrected chi connectivity index (χ0v) is 17.7. The van der Waals surface area contributed by atoms with E-state index >= 15 is 0 Å². The van der Waals surface area contributed by atoms with E-state index in [1.54, 1.807) is 18.9 Å².